The average molecular weight is 536 g/mol. The number of nitrogens with one attached hydrogen (secondary N) is 1. The lowest BCUT2D eigenvalue weighted by atomic mass is 10.0. The molecule has 37 heavy (non-hydrogen) atoms. The summed E-state index contributed by atoms with van der Waals surface area (Å²) in [6.07, 6.45) is 1.73. The van der Waals surface area contributed by atoms with Crippen molar-refractivity contribution in [2.45, 2.75) is 38.5 Å². The van der Waals surface area contributed by atoms with Crippen molar-refractivity contribution in [1.29, 1.82) is 0 Å². The molecule has 1 unspecified atom stereocenters. The summed E-state index contributed by atoms with van der Waals surface area (Å²) in [5.41, 5.74) is 0.195. The van der Waals surface area contributed by atoms with E-state index in [0.29, 0.717) is 17.9 Å². The highest BCUT2D eigenvalue weighted by Crippen LogP contribution is 2.48. The molecule has 0 saturated heterocycles. The number of rotatable bonds is 12. The van der Waals surface area contributed by atoms with Crippen LogP contribution in [0.1, 0.15) is 42.6 Å². The molecule has 2 N–H and O–H groups in total. The first-order valence-corrected chi connectivity index (χ1v) is 15.5. The van der Waals surface area contributed by atoms with Gasteiger partial charge >= 0.3 is 22.4 Å². The van der Waals surface area contributed by atoms with Crippen LogP contribution in [0.5, 0.6) is 5.75 Å². The van der Waals surface area contributed by atoms with Crippen LogP contribution >= 0.6 is 7.52 Å². The van der Waals surface area contributed by atoms with Gasteiger partial charge < -0.3 is 18.5 Å². The summed E-state index contributed by atoms with van der Waals surface area (Å²) in [6, 6.07) is 23.6. The van der Waals surface area contributed by atoms with Crippen molar-refractivity contribution in [3.8, 4) is 5.75 Å². The monoisotopic (exact) mass is 535 g/mol. The number of hydrogen-bond donors (Lipinski definition) is 2. The highest BCUT2D eigenvalue weighted by molar-refractivity contribution is 7.56. The molecule has 0 aliphatic carbocycles. The van der Waals surface area contributed by atoms with Gasteiger partial charge in [-0.2, -0.15) is 0 Å². The van der Waals surface area contributed by atoms with Crippen molar-refractivity contribution in [3.63, 3.8) is 0 Å². The lowest BCUT2D eigenvalue weighted by molar-refractivity contribution is 0.0697. The SMILES string of the molecule is CCCCO[Si](=O)[C@H](C)NP(=O)(Cc1ccc2ccc(C(=O)O)cc2c1)Oc1cccc2ccccc12. The summed E-state index contributed by atoms with van der Waals surface area (Å²) < 4.78 is 38.8. The van der Waals surface area contributed by atoms with Gasteiger partial charge in [0.15, 0.2) is 0 Å². The van der Waals surface area contributed by atoms with E-state index < -0.39 is 28.1 Å². The molecule has 0 aliphatic heterocycles. The Bertz CT molecular complexity index is 1490. The number of aromatic carboxylic acids is 1. The fraction of sp³-hybridized carbons (Fsp3) is 0.250. The summed E-state index contributed by atoms with van der Waals surface area (Å²) in [6.45, 7) is 4.09. The Morgan fingerprint density at radius 2 is 1.76 bits per heavy atom. The minimum absolute atomic E-state index is 0.0118. The topological polar surface area (TPSA) is 102 Å². The summed E-state index contributed by atoms with van der Waals surface area (Å²) in [5.74, 6) is -0.553. The van der Waals surface area contributed by atoms with Gasteiger partial charge in [0.05, 0.1) is 24.0 Å². The van der Waals surface area contributed by atoms with Crippen LogP contribution in [-0.4, -0.2) is 32.3 Å². The first kappa shape index (κ1) is 26.7. The third-order valence-electron chi connectivity index (χ3n) is 6.02. The molecule has 4 rings (SSSR count). The molecule has 7 nitrogen and oxygen atoms in total. The molecule has 0 saturated carbocycles. The molecule has 0 bridgehead atoms. The maximum Gasteiger partial charge on any atom is 0.520 e. The van der Waals surface area contributed by atoms with Crippen LogP contribution in [0, 0.1) is 0 Å². The molecular weight excluding hydrogens is 505 g/mol. The van der Waals surface area contributed by atoms with E-state index in [1.807, 2.05) is 61.5 Å². The van der Waals surface area contributed by atoms with E-state index >= 15 is 0 Å². The number of hydrogen-bond acceptors (Lipinski definition) is 5. The molecule has 4 aromatic carbocycles. The molecule has 192 valence electrons. The zero-order valence-electron chi connectivity index (χ0n) is 20.8. The van der Waals surface area contributed by atoms with Gasteiger partial charge in [0, 0.05) is 5.39 Å². The zero-order valence-corrected chi connectivity index (χ0v) is 22.7. The van der Waals surface area contributed by atoms with E-state index in [-0.39, 0.29) is 11.7 Å². The molecule has 0 radical (unpaired) electrons. The van der Waals surface area contributed by atoms with Crippen LogP contribution in [0.15, 0.2) is 78.9 Å². The Hall–Kier alpha value is -3.32. The molecular formula is C28H30NO6PSi. The van der Waals surface area contributed by atoms with Gasteiger partial charge in [-0.1, -0.05) is 74.0 Å². The van der Waals surface area contributed by atoms with Crippen molar-refractivity contribution in [2.24, 2.45) is 0 Å². The summed E-state index contributed by atoms with van der Waals surface area (Å²) in [5, 5.41) is 15.7. The number of carboxylic acids is 1. The smallest absolute Gasteiger partial charge is 0.520 e. The highest BCUT2D eigenvalue weighted by Gasteiger charge is 2.32. The van der Waals surface area contributed by atoms with Gasteiger partial charge in [0.2, 0.25) is 0 Å². The van der Waals surface area contributed by atoms with Crippen LogP contribution in [0.25, 0.3) is 21.5 Å². The van der Waals surface area contributed by atoms with E-state index in [9.17, 15) is 18.9 Å². The van der Waals surface area contributed by atoms with Gasteiger partial charge in [-0.3, -0.25) is 4.57 Å². The van der Waals surface area contributed by atoms with Gasteiger partial charge in [-0.15, -0.1) is 0 Å². The van der Waals surface area contributed by atoms with Crippen molar-refractivity contribution >= 4 is 44.0 Å². The first-order chi connectivity index (χ1) is 17.8. The standard InChI is InChI=1S/C28H30NO6PSi/c1-3-4-16-34-37(33)20(2)29-36(32,35-27-11-7-9-23-8-5-6-10-26(23)27)19-21-12-13-22-14-15-24(28(30)31)18-25(22)17-21/h5-15,17-18,20H,3-4,16,19H2,1-2H3,(H,29,32)(H,30,31)/t20-,36?/m1/s1. The Labute approximate surface area is 217 Å². The molecule has 0 aliphatic rings. The van der Waals surface area contributed by atoms with Crippen LogP contribution in [0.2, 0.25) is 0 Å². The Morgan fingerprint density at radius 1 is 1.00 bits per heavy atom. The fourth-order valence-corrected chi connectivity index (χ4v) is 7.66. The van der Waals surface area contributed by atoms with Gasteiger partial charge in [-0.25, -0.2) is 9.88 Å². The quantitative estimate of drug-likeness (QED) is 0.118. The maximum atomic E-state index is 14.3. The first-order valence-electron chi connectivity index (χ1n) is 12.2. The number of fused-ring (bicyclic) bond motifs is 2. The fourth-order valence-electron chi connectivity index (χ4n) is 4.10. The number of benzene rings is 4. The van der Waals surface area contributed by atoms with E-state index in [1.54, 1.807) is 31.2 Å². The highest BCUT2D eigenvalue weighted by atomic mass is 31.2. The van der Waals surface area contributed by atoms with E-state index in [2.05, 4.69) is 5.09 Å². The van der Waals surface area contributed by atoms with E-state index in [4.69, 9.17) is 8.95 Å². The Balaban J connectivity index is 1.67. The zero-order chi connectivity index (χ0) is 26.4. The molecule has 0 heterocycles. The molecule has 2 atom stereocenters. The van der Waals surface area contributed by atoms with E-state index in [1.165, 1.54) is 0 Å². The van der Waals surface area contributed by atoms with Crippen molar-refractivity contribution in [2.75, 3.05) is 6.61 Å². The van der Waals surface area contributed by atoms with Crippen molar-refractivity contribution in [3.05, 3.63) is 90.0 Å². The third kappa shape index (κ3) is 6.71. The summed E-state index contributed by atoms with van der Waals surface area (Å²) in [7, 11) is -6.17. The lowest BCUT2D eigenvalue weighted by Gasteiger charge is -2.24. The van der Waals surface area contributed by atoms with Crippen LogP contribution in [-0.2, 0) is 19.6 Å². The van der Waals surface area contributed by atoms with Gasteiger partial charge in [-0.05, 0) is 53.3 Å². The Morgan fingerprint density at radius 3 is 2.54 bits per heavy atom. The number of carbonyl (C=O) groups is 1. The number of carboxylic acid groups (broad SMARTS) is 1. The maximum absolute atomic E-state index is 14.3. The number of unbranched alkanes of at least 4 members (excludes halogenated alkanes) is 1. The molecule has 0 fully saturated rings. The third-order valence-corrected chi connectivity index (χ3v) is 9.66. The van der Waals surface area contributed by atoms with Gasteiger partial charge in [0.25, 0.3) is 0 Å². The minimum atomic E-state index is -3.65. The predicted octanol–water partition coefficient (Wildman–Crippen LogP) is 6.72. The second-order valence-corrected chi connectivity index (χ2v) is 12.9. The molecule has 0 spiro atoms. The van der Waals surface area contributed by atoms with Crippen LogP contribution in [0.4, 0.5) is 0 Å². The predicted molar refractivity (Wildman–Crippen MR) is 147 cm³/mol. The minimum Gasteiger partial charge on any atom is -0.523 e. The molecule has 0 amide bonds. The second-order valence-electron chi connectivity index (χ2n) is 8.97. The largest absolute Gasteiger partial charge is 0.523 e. The molecule has 9 heteroatoms. The second kappa shape index (κ2) is 11.8. The summed E-state index contributed by atoms with van der Waals surface area (Å²) >= 11 is 0. The van der Waals surface area contributed by atoms with Crippen molar-refractivity contribution < 1.29 is 27.9 Å². The van der Waals surface area contributed by atoms with Crippen LogP contribution < -0.4 is 9.61 Å². The van der Waals surface area contributed by atoms with Crippen molar-refractivity contribution in [1.82, 2.24) is 5.09 Å². The summed E-state index contributed by atoms with van der Waals surface area (Å²) in [4.78, 5) is 11.4. The van der Waals surface area contributed by atoms with Gasteiger partial charge in [0.1, 0.15) is 5.75 Å². The lowest BCUT2D eigenvalue weighted by Crippen LogP contribution is -2.37. The van der Waals surface area contributed by atoms with Crippen LogP contribution in [0.3, 0.4) is 0 Å². The van der Waals surface area contributed by atoms with E-state index in [0.717, 1.165) is 34.4 Å². The average Bonchev–Trinajstić information content (AvgIpc) is 2.88. The molecule has 0 aromatic heterocycles. The Kier molecular flexibility index (Phi) is 8.54. The molecule has 4 aromatic rings. The normalized spacial score (nSPS) is 13.7.